The van der Waals surface area contributed by atoms with E-state index in [1.807, 2.05) is 13.0 Å². The van der Waals surface area contributed by atoms with E-state index in [0.29, 0.717) is 16.9 Å². The molecule has 0 saturated heterocycles. The molecule has 0 aliphatic heterocycles. The second-order valence-electron chi connectivity index (χ2n) is 4.55. The fourth-order valence-electron chi connectivity index (χ4n) is 2.05. The third kappa shape index (κ3) is 3.41. The van der Waals surface area contributed by atoms with Crippen molar-refractivity contribution in [3.05, 3.63) is 62.9 Å². The average Bonchev–Trinajstić information content (AvgIpc) is 2.47. The van der Waals surface area contributed by atoms with Crippen molar-refractivity contribution in [3.63, 3.8) is 0 Å². The van der Waals surface area contributed by atoms with Gasteiger partial charge in [-0.25, -0.2) is 4.39 Å². The maximum absolute atomic E-state index is 14.0. The van der Waals surface area contributed by atoms with Gasteiger partial charge in [0.05, 0.1) is 12.2 Å². The zero-order valence-electron chi connectivity index (χ0n) is 11.4. The van der Waals surface area contributed by atoms with Crippen molar-refractivity contribution < 1.29 is 14.2 Å². The van der Waals surface area contributed by atoms with Crippen molar-refractivity contribution in [2.45, 2.75) is 20.1 Å². The predicted molar refractivity (Wildman–Crippen MR) is 80.2 cm³/mol. The molecule has 2 aromatic rings. The molecule has 0 unspecified atom stereocenters. The van der Waals surface area contributed by atoms with Crippen molar-refractivity contribution in [2.24, 2.45) is 0 Å². The van der Waals surface area contributed by atoms with E-state index in [0.717, 1.165) is 10.0 Å². The lowest BCUT2D eigenvalue weighted by molar-refractivity contribution is 0.256. The van der Waals surface area contributed by atoms with E-state index in [4.69, 9.17) is 10.00 Å². The van der Waals surface area contributed by atoms with Gasteiger partial charge in [-0.1, -0.05) is 28.1 Å². The van der Waals surface area contributed by atoms with Crippen LogP contribution in [-0.4, -0.2) is 5.11 Å². The first-order chi connectivity index (χ1) is 10.1. The van der Waals surface area contributed by atoms with Crippen LogP contribution in [0.3, 0.4) is 0 Å². The maximum atomic E-state index is 14.0. The van der Waals surface area contributed by atoms with E-state index in [1.54, 1.807) is 24.3 Å². The van der Waals surface area contributed by atoms with Gasteiger partial charge in [0.25, 0.3) is 0 Å². The summed E-state index contributed by atoms with van der Waals surface area (Å²) in [5.41, 5.74) is 1.76. The Kier molecular flexibility index (Phi) is 4.94. The summed E-state index contributed by atoms with van der Waals surface area (Å²) in [6.07, 6.45) is 0. The molecule has 0 radical (unpaired) electrons. The molecule has 0 aromatic heterocycles. The summed E-state index contributed by atoms with van der Waals surface area (Å²) in [6.45, 7) is 1.68. The van der Waals surface area contributed by atoms with Gasteiger partial charge in [-0.15, -0.1) is 0 Å². The lowest BCUT2D eigenvalue weighted by atomic mass is 10.1. The lowest BCUT2D eigenvalue weighted by Crippen LogP contribution is -2.03. The summed E-state index contributed by atoms with van der Waals surface area (Å²) in [4.78, 5) is 0. The summed E-state index contributed by atoms with van der Waals surface area (Å²) < 4.78 is 20.5. The third-order valence-electron chi connectivity index (χ3n) is 3.06. The van der Waals surface area contributed by atoms with Crippen molar-refractivity contribution >= 4 is 15.9 Å². The topological polar surface area (TPSA) is 53.2 Å². The SMILES string of the molecule is Cc1cc(Br)cc(CO)c1OCc1cccc(C#N)c1F. The Hall–Kier alpha value is -1.90. The van der Waals surface area contributed by atoms with E-state index in [9.17, 15) is 9.50 Å². The number of aliphatic hydroxyl groups is 1. The van der Waals surface area contributed by atoms with E-state index in [1.165, 1.54) is 6.07 Å². The van der Waals surface area contributed by atoms with Crippen molar-refractivity contribution in [2.75, 3.05) is 0 Å². The van der Waals surface area contributed by atoms with E-state index in [2.05, 4.69) is 15.9 Å². The number of benzene rings is 2. The predicted octanol–water partition coefficient (Wildman–Crippen LogP) is 3.84. The maximum Gasteiger partial charge on any atom is 0.147 e. The minimum absolute atomic E-state index is 0.00315. The highest BCUT2D eigenvalue weighted by molar-refractivity contribution is 9.10. The molecule has 5 heteroatoms. The highest BCUT2D eigenvalue weighted by Crippen LogP contribution is 2.29. The van der Waals surface area contributed by atoms with Crippen LogP contribution in [0, 0.1) is 24.1 Å². The number of hydrogen-bond acceptors (Lipinski definition) is 3. The molecular weight excluding hydrogens is 337 g/mol. The second kappa shape index (κ2) is 6.70. The van der Waals surface area contributed by atoms with Gasteiger partial charge in [-0.2, -0.15) is 5.26 Å². The molecule has 0 fully saturated rings. The molecule has 0 atom stereocenters. The van der Waals surface area contributed by atoms with Crippen LogP contribution in [0.25, 0.3) is 0 Å². The van der Waals surface area contributed by atoms with Gasteiger partial charge in [0.2, 0.25) is 0 Å². The number of halogens is 2. The van der Waals surface area contributed by atoms with Crippen LogP contribution >= 0.6 is 15.9 Å². The van der Waals surface area contributed by atoms with E-state index >= 15 is 0 Å². The van der Waals surface area contributed by atoms with Gasteiger partial charge in [-0.05, 0) is 30.7 Å². The molecule has 0 aliphatic rings. The molecule has 21 heavy (non-hydrogen) atoms. The van der Waals surface area contributed by atoms with Crippen molar-refractivity contribution in [1.82, 2.24) is 0 Å². The van der Waals surface area contributed by atoms with Crippen LogP contribution in [-0.2, 0) is 13.2 Å². The molecule has 2 aromatic carbocycles. The summed E-state index contributed by atoms with van der Waals surface area (Å²) in [5, 5.41) is 18.2. The molecule has 0 aliphatic carbocycles. The van der Waals surface area contributed by atoms with Gasteiger partial charge >= 0.3 is 0 Å². The Morgan fingerprint density at radius 1 is 1.33 bits per heavy atom. The number of aryl methyl sites for hydroxylation is 1. The average molecular weight is 350 g/mol. The van der Waals surface area contributed by atoms with E-state index < -0.39 is 5.82 Å². The number of ether oxygens (including phenoxy) is 1. The fraction of sp³-hybridized carbons (Fsp3) is 0.188. The summed E-state index contributed by atoms with van der Waals surface area (Å²) in [7, 11) is 0. The molecule has 0 heterocycles. The van der Waals surface area contributed by atoms with Crippen LogP contribution in [0.5, 0.6) is 5.75 Å². The first-order valence-corrected chi connectivity index (χ1v) is 7.06. The van der Waals surface area contributed by atoms with Crippen LogP contribution in [0.2, 0.25) is 0 Å². The highest BCUT2D eigenvalue weighted by Gasteiger charge is 2.12. The fourth-order valence-corrected chi connectivity index (χ4v) is 2.67. The largest absolute Gasteiger partial charge is 0.488 e. The smallest absolute Gasteiger partial charge is 0.147 e. The first-order valence-electron chi connectivity index (χ1n) is 6.27. The summed E-state index contributed by atoms with van der Waals surface area (Å²) in [5.74, 6) is -0.0391. The van der Waals surface area contributed by atoms with Gasteiger partial charge in [-0.3, -0.25) is 0 Å². The number of hydrogen-bond donors (Lipinski definition) is 1. The Bertz CT molecular complexity index is 710. The molecule has 1 N–H and O–H groups in total. The number of nitriles is 1. The third-order valence-corrected chi connectivity index (χ3v) is 3.52. The molecule has 0 bridgehead atoms. The van der Waals surface area contributed by atoms with Crippen LogP contribution < -0.4 is 4.74 Å². The standard InChI is InChI=1S/C16H13BrFNO2/c1-10-5-14(17)6-13(8-20)16(10)21-9-12-4-2-3-11(7-19)15(12)18/h2-6,20H,8-9H2,1H3. The van der Waals surface area contributed by atoms with Crippen LogP contribution in [0.1, 0.15) is 22.3 Å². The zero-order valence-corrected chi connectivity index (χ0v) is 12.9. The molecule has 0 amide bonds. The molecule has 3 nitrogen and oxygen atoms in total. The van der Waals surface area contributed by atoms with Gasteiger partial charge < -0.3 is 9.84 Å². The molecular formula is C16H13BrFNO2. The normalized spacial score (nSPS) is 10.2. The van der Waals surface area contributed by atoms with Gasteiger partial charge in [0.15, 0.2) is 0 Å². The van der Waals surface area contributed by atoms with Gasteiger partial charge in [0, 0.05) is 15.6 Å². The minimum atomic E-state index is -0.569. The molecule has 2 rings (SSSR count). The van der Waals surface area contributed by atoms with Crippen molar-refractivity contribution in [1.29, 1.82) is 5.26 Å². The molecule has 0 saturated carbocycles. The Morgan fingerprint density at radius 3 is 2.76 bits per heavy atom. The van der Waals surface area contributed by atoms with E-state index in [-0.39, 0.29) is 18.8 Å². The number of aliphatic hydroxyl groups excluding tert-OH is 1. The molecule has 108 valence electrons. The van der Waals surface area contributed by atoms with Crippen molar-refractivity contribution in [3.8, 4) is 11.8 Å². The Balaban J connectivity index is 2.27. The second-order valence-corrected chi connectivity index (χ2v) is 5.46. The summed E-state index contributed by atoms with van der Waals surface area (Å²) in [6, 6.07) is 10.0. The minimum Gasteiger partial charge on any atom is -0.488 e. The number of nitrogens with zero attached hydrogens (tertiary/aromatic N) is 1. The number of rotatable bonds is 4. The highest BCUT2D eigenvalue weighted by atomic mass is 79.9. The molecule has 0 spiro atoms. The Labute approximate surface area is 130 Å². The Morgan fingerprint density at radius 2 is 2.10 bits per heavy atom. The first kappa shape index (κ1) is 15.5. The lowest BCUT2D eigenvalue weighted by Gasteiger charge is -2.14. The van der Waals surface area contributed by atoms with Crippen LogP contribution in [0.15, 0.2) is 34.8 Å². The quantitative estimate of drug-likeness (QED) is 0.912. The zero-order chi connectivity index (χ0) is 15.4. The summed E-state index contributed by atoms with van der Waals surface area (Å²) >= 11 is 3.35. The van der Waals surface area contributed by atoms with Crippen LogP contribution in [0.4, 0.5) is 4.39 Å². The van der Waals surface area contributed by atoms with Gasteiger partial charge in [0.1, 0.15) is 24.2 Å². The monoisotopic (exact) mass is 349 g/mol.